The molecule has 0 radical (unpaired) electrons. The van der Waals surface area contributed by atoms with Crippen LogP contribution in [0.15, 0.2) is 179 Å². The normalized spacial score (nSPS) is 23.9. The second kappa shape index (κ2) is 18.0. The molecule has 0 saturated heterocycles. The zero-order valence-electron chi connectivity index (χ0n) is 48.9. The van der Waals surface area contributed by atoms with E-state index in [1.54, 1.807) is 27.9 Å². The molecule has 4 aromatic carbocycles. The first-order valence-electron chi connectivity index (χ1n) is 28.9. The molecule has 0 saturated carbocycles. The summed E-state index contributed by atoms with van der Waals surface area (Å²) in [6.07, 6.45) is 29.2. The molecule has 4 atom stereocenters. The lowest BCUT2D eigenvalue weighted by molar-refractivity contribution is 0.288. The quantitative estimate of drug-likeness (QED) is 0.182. The van der Waals surface area contributed by atoms with Crippen molar-refractivity contribution in [3.05, 3.63) is 212 Å². The van der Waals surface area contributed by atoms with Gasteiger partial charge in [-0.15, -0.1) is 0 Å². The van der Waals surface area contributed by atoms with Gasteiger partial charge in [0, 0.05) is 57.8 Å². The molecule has 0 amide bonds. The van der Waals surface area contributed by atoms with Gasteiger partial charge in [-0.25, -0.2) is 0 Å². The monoisotopic (exact) mass is 993 g/mol. The van der Waals surface area contributed by atoms with Gasteiger partial charge in [-0.1, -0.05) is 236 Å². The summed E-state index contributed by atoms with van der Waals surface area (Å²) >= 11 is 0. The van der Waals surface area contributed by atoms with Gasteiger partial charge < -0.3 is 9.80 Å². The third-order valence-corrected chi connectivity index (χ3v) is 19.5. The molecule has 11 rings (SSSR count). The number of fused-ring (bicyclic) bond motifs is 9. The molecule has 7 aliphatic carbocycles. The number of allylic oxidation sites excluding steroid dienone is 16. The average Bonchev–Trinajstić information content (AvgIpc) is 3.81. The minimum atomic E-state index is -0.124. The van der Waals surface area contributed by atoms with Crippen LogP contribution in [0.5, 0.6) is 0 Å². The molecule has 0 aliphatic heterocycles. The van der Waals surface area contributed by atoms with Crippen LogP contribution in [0.4, 0.5) is 5.69 Å². The fraction of sp³-hybridized carbons (Fsp3) is 0.452. The molecule has 75 heavy (non-hydrogen) atoms. The van der Waals surface area contributed by atoms with Crippen molar-refractivity contribution < 1.29 is 0 Å². The minimum absolute atomic E-state index is 0.0474. The molecule has 7 aliphatic rings. The van der Waals surface area contributed by atoms with Crippen LogP contribution in [-0.2, 0) is 17.4 Å². The van der Waals surface area contributed by atoms with Gasteiger partial charge in [0.25, 0.3) is 0 Å². The molecule has 0 N–H and O–H groups in total. The SMILES string of the molecule is CC(C)(C)C1=CC=C(N(Cc2cc3c(c4ccccc24)C2CC4=C(C=C2C3(C)C)C2c3ccccc3C(N(C3=CC=C(C(C)(C)C)CC3)c3ccc(C(C)(C)C)cc3)=CC2C4(C)C)C2=CCC(C(C)(C)C)C=C2)CC1. The predicted octanol–water partition coefficient (Wildman–Crippen LogP) is 20.0. The standard InChI is InChI=1S/C73H88N2/c1-68(2,3)47-25-33-51(34-26-47)74(52-35-27-48(28-36-52)69(4,5)6)45-46-41-63-66(57-23-19-17-21-55(46)57)59-42-62-60(43-61(59)72(63,13)14)67-58-24-20-18-22-56(58)65(44-64(67)73(62,15)16)75(53-37-29-49(30-38-53)70(7,8)9)54-39-31-50(32-40-54)71(10,11)12/h17-25,27,29-31,33-35,37-39,41,43-44,47,59,64,67H,26,28,32,36,40,42,45H2,1-16H3. The van der Waals surface area contributed by atoms with E-state index in [0.717, 1.165) is 45.1 Å². The van der Waals surface area contributed by atoms with Crippen molar-refractivity contribution in [3.63, 3.8) is 0 Å². The highest BCUT2D eigenvalue weighted by atomic mass is 15.2. The highest BCUT2D eigenvalue weighted by Crippen LogP contribution is 2.67. The Hall–Kier alpha value is -5.60. The van der Waals surface area contributed by atoms with Gasteiger partial charge in [0.15, 0.2) is 0 Å². The van der Waals surface area contributed by atoms with Crippen LogP contribution in [0, 0.1) is 33.5 Å². The zero-order valence-corrected chi connectivity index (χ0v) is 48.9. The molecule has 2 heteroatoms. The molecular formula is C73H88N2. The summed E-state index contributed by atoms with van der Waals surface area (Å²) in [7, 11) is 0. The highest BCUT2D eigenvalue weighted by molar-refractivity contribution is 5.93. The number of anilines is 1. The third kappa shape index (κ3) is 8.87. The summed E-state index contributed by atoms with van der Waals surface area (Å²) in [5.74, 6) is 1.50. The fourth-order valence-corrected chi connectivity index (χ4v) is 14.6. The zero-order chi connectivity index (χ0) is 53.4. The Kier molecular flexibility index (Phi) is 12.4. The topological polar surface area (TPSA) is 6.48 Å². The van der Waals surface area contributed by atoms with E-state index in [1.807, 2.05) is 0 Å². The number of nitrogens with zero attached hydrogens (tertiary/aromatic N) is 2. The highest BCUT2D eigenvalue weighted by Gasteiger charge is 2.55. The van der Waals surface area contributed by atoms with Crippen LogP contribution in [0.2, 0.25) is 0 Å². The van der Waals surface area contributed by atoms with E-state index in [1.165, 1.54) is 72.6 Å². The summed E-state index contributed by atoms with van der Waals surface area (Å²) in [4.78, 5) is 5.33. The van der Waals surface area contributed by atoms with Crippen LogP contribution in [0.3, 0.4) is 0 Å². The molecule has 0 bridgehead atoms. The van der Waals surface area contributed by atoms with Gasteiger partial charge in [-0.3, -0.25) is 0 Å². The van der Waals surface area contributed by atoms with E-state index in [-0.39, 0.29) is 32.5 Å². The Balaban J connectivity index is 0.997. The summed E-state index contributed by atoms with van der Waals surface area (Å²) in [5.41, 5.74) is 23.9. The third-order valence-electron chi connectivity index (χ3n) is 19.5. The molecule has 0 heterocycles. The summed E-state index contributed by atoms with van der Waals surface area (Å²) in [5, 5.41) is 2.86. The second-order valence-corrected chi connectivity index (χ2v) is 28.9. The Morgan fingerprint density at radius 2 is 1.28 bits per heavy atom. The molecule has 0 spiro atoms. The maximum absolute atomic E-state index is 2.76. The van der Waals surface area contributed by atoms with Crippen molar-refractivity contribution in [2.75, 3.05) is 4.90 Å². The average molecular weight is 994 g/mol. The van der Waals surface area contributed by atoms with E-state index in [4.69, 9.17) is 0 Å². The van der Waals surface area contributed by atoms with E-state index < -0.39 is 0 Å². The van der Waals surface area contributed by atoms with E-state index in [2.05, 4.69) is 254 Å². The smallest absolute Gasteiger partial charge is 0.0497 e. The van der Waals surface area contributed by atoms with Gasteiger partial charge in [-0.05, 0) is 152 Å². The minimum Gasteiger partial charge on any atom is -0.341 e. The Labute approximate surface area is 453 Å². The maximum atomic E-state index is 2.76. The fourth-order valence-electron chi connectivity index (χ4n) is 14.6. The van der Waals surface area contributed by atoms with E-state index >= 15 is 0 Å². The first-order chi connectivity index (χ1) is 35.2. The van der Waals surface area contributed by atoms with Gasteiger partial charge in [0.05, 0.1) is 0 Å². The summed E-state index contributed by atoms with van der Waals surface area (Å²) < 4.78 is 0. The van der Waals surface area contributed by atoms with Gasteiger partial charge in [-0.2, -0.15) is 0 Å². The molecule has 4 unspecified atom stereocenters. The number of hydrogen-bond acceptors (Lipinski definition) is 2. The van der Waals surface area contributed by atoms with E-state index in [0.29, 0.717) is 23.7 Å². The van der Waals surface area contributed by atoms with Crippen molar-refractivity contribution in [3.8, 4) is 0 Å². The van der Waals surface area contributed by atoms with Crippen LogP contribution in [-0.4, -0.2) is 4.90 Å². The predicted molar refractivity (Wildman–Crippen MR) is 322 cm³/mol. The first-order valence-corrected chi connectivity index (χ1v) is 28.9. The molecule has 2 nitrogen and oxygen atoms in total. The Bertz CT molecular complexity index is 3270. The molecular weight excluding hydrogens is 905 g/mol. The molecule has 0 fully saturated rings. The lowest BCUT2D eigenvalue weighted by Crippen LogP contribution is -2.31. The molecule has 390 valence electrons. The molecule has 0 aromatic heterocycles. The van der Waals surface area contributed by atoms with Crippen LogP contribution in [0.25, 0.3) is 16.5 Å². The van der Waals surface area contributed by atoms with Crippen molar-refractivity contribution >= 4 is 22.2 Å². The van der Waals surface area contributed by atoms with Gasteiger partial charge >= 0.3 is 0 Å². The second-order valence-electron chi connectivity index (χ2n) is 28.9. The first kappa shape index (κ1) is 51.5. The maximum Gasteiger partial charge on any atom is 0.0497 e. The van der Waals surface area contributed by atoms with Crippen LogP contribution in [0.1, 0.15) is 195 Å². The van der Waals surface area contributed by atoms with Crippen molar-refractivity contribution in [2.45, 2.75) is 179 Å². The van der Waals surface area contributed by atoms with Crippen molar-refractivity contribution in [1.29, 1.82) is 0 Å². The van der Waals surface area contributed by atoms with Crippen molar-refractivity contribution in [1.82, 2.24) is 4.90 Å². The summed E-state index contributed by atoms with van der Waals surface area (Å²) in [6.45, 7) is 39.4. The number of rotatable bonds is 7. The van der Waals surface area contributed by atoms with Gasteiger partial charge in [0.2, 0.25) is 0 Å². The number of benzene rings is 4. The molecule has 4 aromatic rings. The largest absolute Gasteiger partial charge is 0.341 e. The Morgan fingerprint density at radius 1 is 0.653 bits per heavy atom. The lowest BCUT2D eigenvalue weighted by Gasteiger charge is -2.41. The Morgan fingerprint density at radius 3 is 1.87 bits per heavy atom. The van der Waals surface area contributed by atoms with Gasteiger partial charge in [0.1, 0.15) is 0 Å². The van der Waals surface area contributed by atoms with Crippen molar-refractivity contribution in [2.24, 2.45) is 33.5 Å². The van der Waals surface area contributed by atoms with Crippen LogP contribution < -0.4 is 4.90 Å². The van der Waals surface area contributed by atoms with Crippen LogP contribution >= 0.6 is 0 Å². The lowest BCUT2D eigenvalue weighted by atomic mass is 9.68. The van der Waals surface area contributed by atoms with E-state index in [9.17, 15) is 0 Å². The number of hydrogen-bond donors (Lipinski definition) is 0. The summed E-state index contributed by atoms with van der Waals surface area (Å²) in [6, 6.07) is 31.2.